The van der Waals surface area contributed by atoms with Gasteiger partial charge >= 0.3 is 0 Å². The fraction of sp³-hybridized carbons (Fsp3) is 0.833. The van der Waals surface area contributed by atoms with E-state index in [9.17, 15) is 9.59 Å². The van der Waals surface area contributed by atoms with Gasteiger partial charge in [0.2, 0.25) is 0 Å². The van der Waals surface area contributed by atoms with E-state index in [2.05, 4.69) is 0 Å². The fourth-order valence-corrected chi connectivity index (χ4v) is 1.10. The quantitative estimate of drug-likeness (QED) is 0.639. The Morgan fingerprint density at radius 2 is 1.57 bits per heavy atom. The molecule has 1 unspecified atom stereocenters. The van der Waals surface area contributed by atoms with E-state index < -0.39 is 0 Å². The van der Waals surface area contributed by atoms with Crippen LogP contribution in [0.4, 0.5) is 0 Å². The van der Waals surface area contributed by atoms with Crippen LogP contribution >= 0.6 is 0 Å². The van der Waals surface area contributed by atoms with Crippen LogP contribution in [0.5, 0.6) is 0 Å². The summed E-state index contributed by atoms with van der Waals surface area (Å²) in [7, 11) is 0. The van der Waals surface area contributed by atoms with Crippen LogP contribution < -0.4 is 0 Å². The minimum atomic E-state index is 0.222. The second kappa shape index (κ2) is 7.72. The molecule has 0 aliphatic heterocycles. The molecule has 0 bridgehead atoms. The van der Waals surface area contributed by atoms with Gasteiger partial charge < -0.3 is 4.79 Å². The van der Waals surface area contributed by atoms with Gasteiger partial charge in [0, 0.05) is 18.8 Å². The number of Topliss-reactive ketones (excluding diaryl/α,β-unsaturated/α-hetero) is 1. The molecular weight excluding hydrogens is 176 g/mol. The van der Waals surface area contributed by atoms with Crippen molar-refractivity contribution >= 4 is 12.1 Å². The molecule has 0 saturated heterocycles. The summed E-state index contributed by atoms with van der Waals surface area (Å²) >= 11 is 0. The number of rotatable bonds is 2. The highest BCUT2D eigenvalue weighted by Gasteiger charge is 2.06. The largest absolute Gasteiger partial charge is 0.303 e. The van der Waals surface area contributed by atoms with Crippen molar-refractivity contribution in [2.24, 2.45) is 11.8 Å². The molecule has 0 amide bonds. The van der Waals surface area contributed by atoms with Crippen LogP contribution in [0.1, 0.15) is 52.9 Å². The first-order chi connectivity index (χ1) is 6.57. The molecule has 1 aliphatic carbocycles. The van der Waals surface area contributed by atoms with E-state index in [1.165, 1.54) is 6.42 Å². The maximum Gasteiger partial charge on any atom is 0.132 e. The Labute approximate surface area is 87.1 Å². The maximum atomic E-state index is 10.5. The van der Waals surface area contributed by atoms with Gasteiger partial charge in [-0.3, -0.25) is 4.79 Å². The third-order valence-corrected chi connectivity index (χ3v) is 2.68. The Hall–Kier alpha value is -0.660. The second-order valence-electron chi connectivity index (χ2n) is 4.34. The summed E-state index contributed by atoms with van der Waals surface area (Å²) in [5.74, 6) is 1.18. The normalized spacial score (nSPS) is 18.4. The smallest absolute Gasteiger partial charge is 0.132 e. The summed E-state index contributed by atoms with van der Waals surface area (Å²) in [6, 6.07) is 0. The summed E-state index contributed by atoms with van der Waals surface area (Å²) in [5, 5.41) is 0. The Kier molecular flexibility index (Phi) is 7.35. The average molecular weight is 198 g/mol. The van der Waals surface area contributed by atoms with E-state index in [0.29, 0.717) is 11.7 Å². The summed E-state index contributed by atoms with van der Waals surface area (Å²) in [6.45, 7) is 6.01. The first-order valence-corrected chi connectivity index (χ1v) is 5.55. The molecule has 1 saturated carbocycles. The van der Waals surface area contributed by atoms with Gasteiger partial charge in [0.15, 0.2) is 0 Å². The number of aldehydes is 1. The van der Waals surface area contributed by atoms with Gasteiger partial charge in [-0.15, -0.1) is 0 Å². The van der Waals surface area contributed by atoms with Crippen LogP contribution in [0, 0.1) is 11.8 Å². The molecule has 0 spiro atoms. The molecule has 82 valence electrons. The lowest BCUT2D eigenvalue weighted by Gasteiger charge is -2.05. The molecule has 2 heteroatoms. The van der Waals surface area contributed by atoms with Crippen LogP contribution in [-0.4, -0.2) is 12.1 Å². The summed E-state index contributed by atoms with van der Waals surface area (Å²) in [6.07, 6.45) is 6.23. The van der Waals surface area contributed by atoms with Gasteiger partial charge in [-0.05, 0) is 18.8 Å². The Balaban J connectivity index is 0.000000241. The Morgan fingerprint density at radius 3 is 1.71 bits per heavy atom. The van der Waals surface area contributed by atoms with E-state index in [-0.39, 0.29) is 5.92 Å². The lowest BCUT2D eigenvalue weighted by Crippen LogP contribution is -2.03. The number of carbonyl (C=O) groups excluding carboxylic acids is 2. The SMILES string of the molecule is CC(C)C(C)C=O.O=C1CCCCC1. The molecular formula is C12H22O2. The first-order valence-electron chi connectivity index (χ1n) is 5.55. The molecule has 0 aromatic heterocycles. The molecule has 2 nitrogen and oxygen atoms in total. The average Bonchev–Trinajstić information content (AvgIpc) is 2.18. The molecule has 0 aromatic rings. The minimum Gasteiger partial charge on any atom is -0.303 e. The monoisotopic (exact) mass is 198 g/mol. The zero-order chi connectivity index (χ0) is 11.0. The van der Waals surface area contributed by atoms with Crippen LogP contribution in [0.2, 0.25) is 0 Å². The lowest BCUT2D eigenvalue weighted by atomic mass is 10.00. The lowest BCUT2D eigenvalue weighted by molar-refractivity contribution is -0.120. The van der Waals surface area contributed by atoms with Gasteiger partial charge in [-0.25, -0.2) is 0 Å². The molecule has 14 heavy (non-hydrogen) atoms. The van der Waals surface area contributed by atoms with Gasteiger partial charge in [-0.2, -0.15) is 0 Å². The second-order valence-corrected chi connectivity index (χ2v) is 4.34. The summed E-state index contributed by atoms with van der Waals surface area (Å²) in [5.41, 5.74) is 0. The zero-order valence-corrected chi connectivity index (χ0v) is 9.58. The number of hydrogen-bond donors (Lipinski definition) is 0. The van der Waals surface area contributed by atoms with Crippen molar-refractivity contribution in [3.8, 4) is 0 Å². The number of hydrogen-bond acceptors (Lipinski definition) is 2. The molecule has 1 atom stereocenters. The Bertz CT molecular complexity index is 165. The molecule has 0 N–H and O–H groups in total. The van der Waals surface area contributed by atoms with Crippen LogP contribution in [0.3, 0.4) is 0 Å². The van der Waals surface area contributed by atoms with E-state index >= 15 is 0 Å². The third kappa shape index (κ3) is 6.81. The van der Waals surface area contributed by atoms with Crippen LogP contribution in [-0.2, 0) is 9.59 Å². The molecule has 1 rings (SSSR count). The van der Waals surface area contributed by atoms with E-state index in [1.807, 2.05) is 20.8 Å². The van der Waals surface area contributed by atoms with Crippen molar-refractivity contribution in [2.45, 2.75) is 52.9 Å². The van der Waals surface area contributed by atoms with E-state index in [1.54, 1.807) is 0 Å². The predicted molar refractivity (Wildman–Crippen MR) is 58.2 cm³/mol. The molecule has 0 heterocycles. The highest BCUT2D eigenvalue weighted by atomic mass is 16.1. The Morgan fingerprint density at radius 1 is 1.07 bits per heavy atom. The van der Waals surface area contributed by atoms with Crippen molar-refractivity contribution in [3.63, 3.8) is 0 Å². The highest BCUT2D eigenvalue weighted by Crippen LogP contribution is 2.12. The van der Waals surface area contributed by atoms with Gasteiger partial charge in [0.05, 0.1) is 0 Å². The standard InChI is InChI=1S/C6H10O.C6H12O/c7-6-4-2-1-3-5-6;1-5(2)6(3)4-7/h1-5H2;4-6H,1-3H3. The molecule has 1 fully saturated rings. The van der Waals surface area contributed by atoms with Crippen molar-refractivity contribution in [2.75, 3.05) is 0 Å². The summed E-state index contributed by atoms with van der Waals surface area (Å²) < 4.78 is 0. The van der Waals surface area contributed by atoms with E-state index in [0.717, 1.165) is 32.0 Å². The third-order valence-electron chi connectivity index (χ3n) is 2.68. The van der Waals surface area contributed by atoms with Gasteiger partial charge in [0.25, 0.3) is 0 Å². The van der Waals surface area contributed by atoms with Crippen molar-refractivity contribution in [1.29, 1.82) is 0 Å². The van der Waals surface area contributed by atoms with Crippen LogP contribution in [0.15, 0.2) is 0 Å². The van der Waals surface area contributed by atoms with E-state index in [4.69, 9.17) is 0 Å². The predicted octanol–water partition coefficient (Wildman–Crippen LogP) is 3.00. The molecule has 0 aromatic carbocycles. The maximum absolute atomic E-state index is 10.5. The fourth-order valence-electron chi connectivity index (χ4n) is 1.10. The molecule has 1 aliphatic rings. The minimum absolute atomic E-state index is 0.222. The number of ketones is 1. The van der Waals surface area contributed by atoms with Crippen molar-refractivity contribution < 1.29 is 9.59 Å². The topological polar surface area (TPSA) is 34.1 Å². The summed E-state index contributed by atoms with van der Waals surface area (Å²) in [4.78, 5) is 20.4. The van der Waals surface area contributed by atoms with Crippen molar-refractivity contribution in [3.05, 3.63) is 0 Å². The zero-order valence-electron chi connectivity index (χ0n) is 9.58. The number of carbonyl (C=O) groups is 2. The van der Waals surface area contributed by atoms with Gasteiger partial charge in [-0.1, -0.05) is 27.2 Å². The van der Waals surface area contributed by atoms with Crippen molar-refractivity contribution in [1.82, 2.24) is 0 Å². The first kappa shape index (κ1) is 13.3. The molecule has 0 radical (unpaired) electrons. The highest BCUT2D eigenvalue weighted by molar-refractivity contribution is 5.78. The van der Waals surface area contributed by atoms with Gasteiger partial charge in [0.1, 0.15) is 12.1 Å². The van der Waals surface area contributed by atoms with Crippen LogP contribution in [0.25, 0.3) is 0 Å².